The predicted octanol–water partition coefficient (Wildman–Crippen LogP) is 12.7. The standard InChI is InChI=1S/C38H72O4/c1-3-5-7-8-9-10-11-12-13-14-15-16-17-18-19-20-25-28-31-35-38(41)42-36(32-6-4-2)33-29-26-23-21-22-24-27-30-34-37(39)40/h12-13,36H,3-11,14-35H2,1-2H3,(H,39,40)/b13-12-. The van der Waals surface area contributed by atoms with E-state index in [0.717, 1.165) is 64.2 Å². The number of carbonyl (C=O) groups excluding carboxylic acids is 1. The molecule has 0 saturated carbocycles. The van der Waals surface area contributed by atoms with E-state index in [0.29, 0.717) is 12.8 Å². The summed E-state index contributed by atoms with van der Waals surface area (Å²) in [6, 6.07) is 0. The van der Waals surface area contributed by atoms with E-state index in [2.05, 4.69) is 26.0 Å². The molecule has 0 amide bonds. The molecule has 0 aromatic rings. The van der Waals surface area contributed by atoms with Crippen LogP contribution in [0, 0.1) is 0 Å². The van der Waals surface area contributed by atoms with Crippen LogP contribution >= 0.6 is 0 Å². The molecule has 1 atom stereocenters. The summed E-state index contributed by atoms with van der Waals surface area (Å²) >= 11 is 0. The molecular weight excluding hydrogens is 520 g/mol. The number of aliphatic carboxylic acids is 1. The number of carboxylic acids is 1. The van der Waals surface area contributed by atoms with Gasteiger partial charge in [-0.1, -0.05) is 154 Å². The molecule has 0 radical (unpaired) electrons. The van der Waals surface area contributed by atoms with E-state index in [1.54, 1.807) is 0 Å². The quantitative estimate of drug-likeness (QED) is 0.0458. The van der Waals surface area contributed by atoms with Crippen LogP contribution in [0.3, 0.4) is 0 Å². The molecule has 42 heavy (non-hydrogen) atoms. The summed E-state index contributed by atoms with van der Waals surface area (Å²) in [6.07, 6.45) is 41.3. The fourth-order valence-corrected chi connectivity index (χ4v) is 5.69. The van der Waals surface area contributed by atoms with Gasteiger partial charge in [-0.3, -0.25) is 9.59 Å². The third-order valence-corrected chi connectivity index (χ3v) is 8.49. The largest absolute Gasteiger partial charge is 0.481 e. The van der Waals surface area contributed by atoms with Crippen LogP contribution < -0.4 is 0 Å². The van der Waals surface area contributed by atoms with Crippen molar-refractivity contribution in [3.63, 3.8) is 0 Å². The second-order valence-electron chi connectivity index (χ2n) is 12.8. The summed E-state index contributed by atoms with van der Waals surface area (Å²) in [5, 5.41) is 8.68. The molecule has 0 rings (SSSR count). The lowest BCUT2D eigenvalue weighted by atomic mass is 10.0. The third-order valence-electron chi connectivity index (χ3n) is 8.49. The SMILES string of the molecule is CCCCCCCC/C=C\CCCCCCCCCCCC(=O)OC(CCCC)CCCCCCCCCCC(=O)O. The average Bonchev–Trinajstić information content (AvgIpc) is 2.97. The van der Waals surface area contributed by atoms with Crippen LogP contribution in [0.5, 0.6) is 0 Å². The Labute approximate surface area is 262 Å². The van der Waals surface area contributed by atoms with Crippen LogP contribution in [-0.4, -0.2) is 23.1 Å². The van der Waals surface area contributed by atoms with Gasteiger partial charge < -0.3 is 9.84 Å². The zero-order valence-electron chi connectivity index (χ0n) is 28.3. The van der Waals surface area contributed by atoms with Gasteiger partial charge in [-0.25, -0.2) is 0 Å². The highest BCUT2D eigenvalue weighted by atomic mass is 16.5. The van der Waals surface area contributed by atoms with E-state index in [1.165, 1.54) is 122 Å². The van der Waals surface area contributed by atoms with Crippen LogP contribution in [0.15, 0.2) is 12.2 Å². The molecule has 0 saturated heterocycles. The smallest absolute Gasteiger partial charge is 0.306 e. The van der Waals surface area contributed by atoms with E-state index in [1.807, 2.05) is 0 Å². The van der Waals surface area contributed by atoms with Crippen molar-refractivity contribution >= 4 is 11.9 Å². The van der Waals surface area contributed by atoms with Gasteiger partial charge in [-0.2, -0.15) is 0 Å². The molecule has 4 heteroatoms. The molecule has 0 fully saturated rings. The Hall–Kier alpha value is -1.32. The maximum Gasteiger partial charge on any atom is 0.306 e. The molecule has 0 aliphatic carbocycles. The maximum absolute atomic E-state index is 12.4. The van der Waals surface area contributed by atoms with Gasteiger partial charge in [-0.15, -0.1) is 0 Å². The summed E-state index contributed by atoms with van der Waals surface area (Å²) in [5.41, 5.74) is 0. The minimum Gasteiger partial charge on any atom is -0.481 e. The molecule has 0 aromatic heterocycles. The van der Waals surface area contributed by atoms with Crippen molar-refractivity contribution in [2.45, 2.75) is 219 Å². The summed E-state index contributed by atoms with van der Waals surface area (Å²) < 4.78 is 5.89. The van der Waals surface area contributed by atoms with Crippen molar-refractivity contribution in [2.75, 3.05) is 0 Å². The Bertz CT molecular complexity index is 600. The van der Waals surface area contributed by atoms with Crippen molar-refractivity contribution in [3.8, 4) is 0 Å². The summed E-state index contributed by atoms with van der Waals surface area (Å²) in [5.74, 6) is -0.671. The van der Waals surface area contributed by atoms with Crippen molar-refractivity contribution in [2.24, 2.45) is 0 Å². The van der Waals surface area contributed by atoms with Crippen molar-refractivity contribution in [1.82, 2.24) is 0 Å². The van der Waals surface area contributed by atoms with Gasteiger partial charge in [0.1, 0.15) is 6.10 Å². The number of unbranched alkanes of at least 4 members (excludes halogenated alkanes) is 23. The lowest BCUT2D eigenvalue weighted by Gasteiger charge is -2.18. The zero-order chi connectivity index (χ0) is 30.8. The summed E-state index contributed by atoms with van der Waals surface area (Å²) in [6.45, 7) is 4.48. The molecule has 1 N–H and O–H groups in total. The number of carbonyl (C=O) groups is 2. The van der Waals surface area contributed by atoms with Crippen LogP contribution in [0.25, 0.3) is 0 Å². The maximum atomic E-state index is 12.4. The lowest BCUT2D eigenvalue weighted by molar-refractivity contribution is -0.150. The molecule has 0 aliphatic heterocycles. The first-order valence-corrected chi connectivity index (χ1v) is 18.7. The van der Waals surface area contributed by atoms with Crippen LogP contribution in [-0.2, 0) is 14.3 Å². The third kappa shape index (κ3) is 33.2. The number of ether oxygens (including phenoxy) is 1. The minimum atomic E-state index is -0.683. The lowest BCUT2D eigenvalue weighted by Crippen LogP contribution is -2.18. The van der Waals surface area contributed by atoms with E-state index < -0.39 is 5.97 Å². The Morgan fingerprint density at radius 2 is 0.881 bits per heavy atom. The van der Waals surface area contributed by atoms with Gasteiger partial charge in [0, 0.05) is 12.8 Å². The van der Waals surface area contributed by atoms with Gasteiger partial charge in [0.2, 0.25) is 0 Å². The fourth-order valence-electron chi connectivity index (χ4n) is 5.69. The molecule has 0 aliphatic rings. The van der Waals surface area contributed by atoms with Crippen molar-refractivity contribution in [3.05, 3.63) is 12.2 Å². The van der Waals surface area contributed by atoms with E-state index in [9.17, 15) is 9.59 Å². The Balaban J connectivity index is 3.60. The molecule has 248 valence electrons. The van der Waals surface area contributed by atoms with Crippen LogP contribution in [0.1, 0.15) is 213 Å². The Morgan fingerprint density at radius 1 is 0.500 bits per heavy atom. The number of rotatable bonds is 34. The first-order chi connectivity index (χ1) is 20.6. The number of esters is 1. The van der Waals surface area contributed by atoms with Crippen LogP contribution in [0.2, 0.25) is 0 Å². The van der Waals surface area contributed by atoms with Gasteiger partial charge >= 0.3 is 11.9 Å². The second-order valence-corrected chi connectivity index (χ2v) is 12.8. The van der Waals surface area contributed by atoms with E-state index in [-0.39, 0.29) is 12.1 Å². The van der Waals surface area contributed by atoms with E-state index in [4.69, 9.17) is 9.84 Å². The number of hydrogen-bond donors (Lipinski definition) is 1. The molecule has 4 nitrogen and oxygen atoms in total. The number of allylic oxidation sites excluding steroid dienone is 2. The molecule has 1 unspecified atom stereocenters. The number of carboxylic acid groups (broad SMARTS) is 1. The second kappa shape index (κ2) is 34.2. The van der Waals surface area contributed by atoms with Crippen molar-refractivity contribution < 1.29 is 19.4 Å². The monoisotopic (exact) mass is 593 g/mol. The zero-order valence-corrected chi connectivity index (χ0v) is 28.3. The molecule has 0 spiro atoms. The first-order valence-electron chi connectivity index (χ1n) is 18.7. The molecule has 0 aromatic carbocycles. The van der Waals surface area contributed by atoms with Gasteiger partial charge in [0.15, 0.2) is 0 Å². The highest BCUT2D eigenvalue weighted by molar-refractivity contribution is 5.69. The first kappa shape index (κ1) is 40.7. The highest BCUT2D eigenvalue weighted by Crippen LogP contribution is 2.18. The topological polar surface area (TPSA) is 63.6 Å². The normalized spacial score (nSPS) is 12.2. The Kier molecular flexibility index (Phi) is 33.1. The fraction of sp³-hybridized carbons (Fsp3) is 0.895. The van der Waals surface area contributed by atoms with Gasteiger partial charge in [0.05, 0.1) is 0 Å². The molecule has 0 bridgehead atoms. The Morgan fingerprint density at radius 3 is 1.36 bits per heavy atom. The van der Waals surface area contributed by atoms with Gasteiger partial charge in [0.25, 0.3) is 0 Å². The molecule has 0 heterocycles. The van der Waals surface area contributed by atoms with Gasteiger partial charge in [-0.05, 0) is 57.8 Å². The van der Waals surface area contributed by atoms with Crippen molar-refractivity contribution in [1.29, 1.82) is 0 Å². The highest BCUT2D eigenvalue weighted by Gasteiger charge is 2.13. The van der Waals surface area contributed by atoms with Crippen LogP contribution in [0.4, 0.5) is 0 Å². The predicted molar refractivity (Wildman–Crippen MR) is 181 cm³/mol. The average molecular weight is 593 g/mol. The minimum absolute atomic E-state index is 0.0125. The molecular formula is C38H72O4. The van der Waals surface area contributed by atoms with E-state index >= 15 is 0 Å². The summed E-state index contributed by atoms with van der Waals surface area (Å²) in [7, 11) is 0. The summed E-state index contributed by atoms with van der Waals surface area (Å²) in [4.78, 5) is 23.0. The number of hydrogen-bond acceptors (Lipinski definition) is 3.